The summed E-state index contributed by atoms with van der Waals surface area (Å²) in [7, 11) is 0. The fourth-order valence-electron chi connectivity index (χ4n) is 7.76. The quantitative estimate of drug-likeness (QED) is 0.0346. The number of carbonyl (C=O) groups is 3. The average molecular weight is 821 g/mol. The smallest absolute Gasteiger partial charge is 0.306 e. The van der Waals surface area contributed by atoms with Crippen LogP contribution in [-0.2, 0) is 28.6 Å². The number of rotatable bonds is 45. The lowest BCUT2D eigenvalue weighted by Crippen LogP contribution is -2.30. The summed E-state index contributed by atoms with van der Waals surface area (Å²) in [5, 5.41) is 0. The minimum atomic E-state index is -0.763. The van der Waals surface area contributed by atoms with E-state index in [0.717, 1.165) is 75.5 Å². The summed E-state index contributed by atoms with van der Waals surface area (Å²) in [5.74, 6) is 1.59. The number of unbranched alkanes of at least 4 members (excludes halogenated alkanes) is 28. The molecular weight excluding hydrogens is 721 g/mol. The molecule has 0 aliphatic heterocycles. The Labute approximate surface area is 361 Å². The van der Waals surface area contributed by atoms with Crippen LogP contribution in [0.2, 0.25) is 0 Å². The van der Waals surface area contributed by atoms with Gasteiger partial charge in [0.05, 0.1) is 0 Å². The van der Waals surface area contributed by atoms with Crippen LogP contribution >= 0.6 is 0 Å². The fourth-order valence-corrected chi connectivity index (χ4v) is 7.76. The molecule has 0 fully saturated rings. The van der Waals surface area contributed by atoms with Gasteiger partial charge in [0.15, 0.2) is 6.10 Å². The van der Waals surface area contributed by atoms with Gasteiger partial charge in [-0.1, -0.05) is 241 Å². The van der Waals surface area contributed by atoms with Crippen molar-refractivity contribution in [3.05, 3.63) is 0 Å². The van der Waals surface area contributed by atoms with E-state index < -0.39 is 6.10 Å². The molecule has 0 saturated carbocycles. The third-order valence-corrected chi connectivity index (χ3v) is 11.6. The molecule has 0 N–H and O–H groups in total. The summed E-state index contributed by atoms with van der Waals surface area (Å²) in [5.41, 5.74) is 0. The minimum Gasteiger partial charge on any atom is -0.462 e. The van der Waals surface area contributed by atoms with Crippen LogP contribution in [0.4, 0.5) is 0 Å². The highest BCUT2D eigenvalue weighted by Crippen LogP contribution is 2.17. The van der Waals surface area contributed by atoms with Crippen LogP contribution in [0, 0.1) is 17.8 Å². The second-order valence-corrected chi connectivity index (χ2v) is 19.2. The highest BCUT2D eigenvalue weighted by atomic mass is 16.6. The van der Waals surface area contributed by atoms with E-state index in [4.69, 9.17) is 14.2 Å². The first-order chi connectivity index (χ1) is 28.1. The average Bonchev–Trinajstić information content (AvgIpc) is 3.18. The standard InChI is InChI=1S/C52H100O6/c1-46(2)38-32-26-20-15-11-9-7-8-10-12-17-23-29-35-41-50(53)56-44-49(45-57-51(54)42-36-30-25-19-22-28-34-40-48(5)6)58-52(55)43-37-31-24-18-14-13-16-21-27-33-39-47(3)4/h46-49H,7-45H2,1-6H3/t49-/m1/s1. The Bertz CT molecular complexity index is 898. The van der Waals surface area contributed by atoms with Gasteiger partial charge in [0, 0.05) is 19.3 Å². The SMILES string of the molecule is CC(C)CCCCCCCCCCCCCCCCC(=O)OC[C@H](COC(=O)CCCCCCCCCC(C)C)OC(=O)CCCCCCCCCCCCC(C)C. The zero-order valence-electron chi connectivity index (χ0n) is 39.8. The second kappa shape index (κ2) is 43.5. The van der Waals surface area contributed by atoms with E-state index in [9.17, 15) is 14.4 Å². The molecule has 0 amide bonds. The molecule has 0 saturated heterocycles. The van der Waals surface area contributed by atoms with Crippen molar-refractivity contribution in [3.8, 4) is 0 Å². The molecule has 58 heavy (non-hydrogen) atoms. The van der Waals surface area contributed by atoms with E-state index in [2.05, 4.69) is 41.5 Å². The maximum absolute atomic E-state index is 12.8. The van der Waals surface area contributed by atoms with E-state index >= 15 is 0 Å². The summed E-state index contributed by atoms with van der Waals surface area (Å²) in [6.45, 7) is 13.7. The van der Waals surface area contributed by atoms with Gasteiger partial charge >= 0.3 is 17.9 Å². The van der Waals surface area contributed by atoms with Crippen molar-refractivity contribution < 1.29 is 28.6 Å². The number of ether oxygens (including phenoxy) is 3. The van der Waals surface area contributed by atoms with Crippen LogP contribution in [0.1, 0.15) is 279 Å². The molecule has 0 bridgehead atoms. The number of hydrogen-bond acceptors (Lipinski definition) is 6. The largest absolute Gasteiger partial charge is 0.462 e. The van der Waals surface area contributed by atoms with Crippen molar-refractivity contribution in [2.45, 2.75) is 285 Å². The molecule has 344 valence electrons. The van der Waals surface area contributed by atoms with Crippen LogP contribution in [0.25, 0.3) is 0 Å². The Hall–Kier alpha value is -1.59. The summed E-state index contributed by atoms with van der Waals surface area (Å²) in [6.07, 6.45) is 42.4. The zero-order valence-corrected chi connectivity index (χ0v) is 39.8. The van der Waals surface area contributed by atoms with Crippen LogP contribution in [0.5, 0.6) is 0 Å². The molecule has 1 atom stereocenters. The zero-order chi connectivity index (χ0) is 42.7. The van der Waals surface area contributed by atoms with Crippen molar-refractivity contribution in [1.29, 1.82) is 0 Å². The Kier molecular flexibility index (Phi) is 42.3. The van der Waals surface area contributed by atoms with Crippen LogP contribution < -0.4 is 0 Å². The van der Waals surface area contributed by atoms with E-state index in [1.807, 2.05) is 0 Å². The number of esters is 3. The van der Waals surface area contributed by atoms with Crippen molar-refractivity contribution in [1.82, 2.24) is 0 Å². The Balaban J connectivity index is 4.28. The normalized spacial score (nSPS) is 12.2. The van der Waals surface area contributed by atoms with Gasteiger partial charge in [-0.3, -0.25) is 14.4 Å². The summed E-state index contributed by atoms with van der Waals surface area (Å²) in [6, 6.07) is 0. The fraction of sp³-hybridized carbons (Fsp3) is 0.942. The van der Waals surface area contributed by atoms with Gasteiger partial charge in [-0.2, -0.15) is 0 Å². The molecule has 6 nitrogen and oxygen atoms in total. The van der Waals surface area contributed by atoms with Gasteiger partial charge in [-0.05, 0) is 37.0 Å². The lowest BCUT2D eigenvalue weighted by atomic mass is 10.0. The second-order valence-electron chi connectivity index (χ2n) is 19.2. The number of hydrogen-bond donors (Lipinski definition) is 0. The van der Waals surface area contributed by atoms with Crippen LogP contribution in [0.3, 0.4) is 0 Å². The Morgan fingerprint density at radius 1 is 0.293 bits per heavy atom. The minimum absolute atomic E-state index is 0.0652. The van der Waals surface area contributed by atoms with Crippen molar-refractivity contribution in [3.63, 3.8) is 0 Å². The first kappa shape index (κ1) is 56.4. The molecule has 6 heteroatoms. The predicted molar refractivity (Wildman–Crippen MR) is 247 cm³/mol. The van der Waals surface area contributed by atoms with Crippen LogP contribution in [0.15, 0.2) is 0 Å². The van der Waals surface area contributed by atoms with Crippen molar-refractivity contribution in [2.75, 3.05) is 13.2 Å². The highest BCUT2D eigenvalue weighted by molar-refractivity contribution is 5.71. The molecule has 0 aliphatic rings. The molecule has 0 rings (SSSR count). The summed E-state index contributed by atoms with van der Waals surface area (Å²) < 4.78 is 16.8. The third-order valence-electron chi connectivity index (χ3n) is 11.6. The maximum atomic E-state index is 12.8. The van der Waals surface area contributed by atoms with E-state index in [0.29, 0.717) is 19.3 Å². The molecule has 0 spiro atoms. The summed E-state index contributed by atoms with van der Waals surface area (Å²) >= 11 is 0. The van der Waals surface area contributed by atoms with Gasteiger partial charge < -0.3 is 14.2 Å². The number of carbonyl (C=O) groups excluding carboxylic acids is 3. The van der Waals surface area contributed by atoms with E-state index in [1.165, 1.54) is 161 Å². The topological polar surface area (TPSA) is 78.9 Å². The molecule has 0 unspecified atom stereocenters. The lowest BCUT2D eigenvalue weighted by Gasteiger charge is -2.18. The van der Waals surface area contributed by atoms with Gasteiger partial charge in [-0.25, -0.2) is 0 Å². The monoisotopic (exact) mass is 821 g/mol. The molecular formula is C52H100O6. The van der Waals surface area contributed by atoms with Gasteiger partial charge in [0.1, 0.15) is 13.2 Å². The van der Waals surface area contributed by atoms with Crippen LogP contribution in [-0.4, -0.2) is 37.2 Å². The van der Waals surface area contributed by atoms with E-state index in [1.54, 1.807) is 0 Å². The van der Waals surface area contributed by atoms with Crippen molar-refractivity contribution >= 4 is 17.9 Å². The molecule has 0 aromatic carbocycles. The molecule has 0 aromatic heterocycles. The summed E-state index contributed by atoms with van der Waals surface area (Å²) in [4.78, 5) is 37.9. The van der Waals surface area contributed by atoms with E-state index in [-0.39, 0.29) is 31.1 Å². The molecule has 0 radical (unpaired) electrons. The molecule has 0 heterocycles. The lowest BCUT2D eigenvalue weighted by molar-refractivity contribution is -0.167. The van der Waals surface area contributed by atoms with Crippen molar-refractivity contribution in [2.24, 2.45) is 17.8 Å². The van der Waals surface area contributed by atoms with Gasteiger partial charge in [-0.15, -0.1) is 0 Å². The first-order valence-corrected chi connectivity index (χ1v) is 25.6. The maximum Gasteiger partial charge on any atom is 0.306 e. The van der Waals surface area contributed by atoms with Gasteiger partial charge in [0.25, 0.3) is 0 Å². The molecule has 0 aliphatic carbocycles. The highest BCUT2D eigenvalue weighted by Gasteiger charge is 2.19. The van der Waals surface area contributed by atoms with Gasteiger partial charge in [0.2, 0.25) is 0 Å². The Morgan fingerprint density at radius 3 is 0.741 bits per heavy atom. The molecule has 0 aromatic rings. The Morgan fingerprint density at radius 2 is 0.500 bits per heavy atom. The first-order valence-electron chi connectivity index (χ1n) is 25.6. The predicted octanol–water partition coefficient (Wildman–Crippen LogP) is 16.4. The third kappa shape index (κ3) is 45.5.